The molecule has 2 aromatic rings. The van der Waals surface area contributed by atoms with E-state index in [-0.39, 0.29) is 57.9 Å². The van der Waals surface area contributed by atoms with Crippen LogP contribution < -0.4 is 0 Å². The minimum absolute atomic E-state index is 0. The number of aromatic hydroxyl groups is 2. The average molecular weight is 813 g/mol. The van der Waals surface area contributed by atoms with Crippen molar-refractivity contribution in [3.05, 3.63) is 65.1 Å². The van der Waals surface area contributed by atoms with Gasteiger partial charge in [-0.1, -0.05) is 121 Å². The molecule has 0 saturated carbocycles. The molecule has 0 heterocycles. The van der Waals surface area contributed by atoms with E-state index in [0.29, 0.717) is 11.5 Å². The fraction of sp³-hybridized carbons (Fsp3) is 0.652. The van der Waals surface area contributed by atoms with Crippen LogP contribution in [0.4, 0.5) is 4.79 Å². The van der Waals surface area contributed by atoms with Gasteiger partial charge in [0.15, 0.2) is 0 Å². The van der Waals surface area contributed by atoms with Crippen LogP contribution in [0, 0.1) is 7.43 Å². The maximum Gasteiger partial charge on any atom is 0.503 e. The van der Waals surface area contributed by atoms with Crippen molar-refractivity contribution in [2.45, 2.75) is 169 Å². The summed E-state index contributed by atoms with van der Waals surface area (Å²) in [5, 5.41) is 37.0. The summed E-state index contributed by atoms with van der Waals surface area (Å²) in [6, 6.07) is 8.46. The number of aliphatic imine (C=N–C) groups is 2. The Labute approximate surface area is 346 Å². The summed E-state index contributed by atoms with van der Waals surface area (Å²) in [4.78, 5) is 19.1. The largest absolute Gasteiger partial charge is 0.507 e. The van der Waals surface area contributed by atoms with Crippen molar-refractivity contribution in [2.24, 2.45) is 9.98 Å². The minimum atomic E-state index is -1.83. The number of quaternary nitrogens is 1. The molecule has 2 atom stereocenters. The van der Waals surface area contributed by atoms with Crippen LogP contribution in [-0.2, 0) is 38.4 Å². The second-order valence-electron chi connectivity index (χ2n) is 19.9. The topological polar surface area (TPSA) is 123 Å². The number of rotatable bonds is 14. The van der Waals surface area contributed by atoms with Gasteiger partial charge in [-0.2, -0.15) is 0 Å². The third kappa shape index (κ3) is 19.2. The predicted octanol–water partition coefficient (Wildman–Crippen LogP) is 11.7. The summed E-state index contributed by atoms with van der Waals surface area (Å²) in [5.74, 6) is 0.635. The van der Waals surface area contributed by atoms with Crippen molar-refractivity contribution in [1.82, 2.24) is 0 Å². The molecule has 0 aromatic heterocycles. The summed E-state index contributed by atoms with van der Waals surface area (Å²) in [6.07, 6.45) is 9.37. The predicted molar refractivity (Wildman–Crippen MR) is 232 cm³/mol. The molecule has 0 fully saturated rings. The van der Waals surface area contributed by atoms with Crippen LogP contribution >= 0.6 is 0 Å². The number of phenolic OH excluding ortho intramolecular Hbond substituents is 2. The number of carbonyl (C=O) groups is 1. The number of phenols is 2. The Morgan fingerprint density at radius 3 is 1.24 bits per heavy atom. The van der Waals surface area contributed by atoms with Crippen molar-refractivity contribution in [3.8, 4) is 11.5 Å². The van der Waals surface area contributed by atoms with Gasteiger partial charge in [0.05, 0.1) is 39.8 Å². The van der Waals surface area contributed by atoms with Crippen LogP contribution in [0.3, 0.4) is 0 Å². The molecule has 8 nitrogen and oxygen atoms in total. The molecule has 1 radical (unpaired) electrons. The molecule has 55 heavy (non-hydrogen) atoms. The molecule has 317 valence electrons. The van der Waals surface area contributed by atoms with E-state index in [0.717, 1.165) is 78.2 Å². The monoisotopic (exact) mass is 813 g/mol. The first kappa shape index (κ1) is 54.2. The van der Waals surface area contributed by atoms with E-state index in [4.69, 9.17) is 25.0 Å². The van der Waals surface area contributed by atoms with Crippen LogP contribution in [0.5, 0.6) is 11.5 Å². The van der Waals surface area contributed by atoms with Crippen molar-refractivity contribution in [2.75, 3.05) is 27.7 Å². The third-order valence-corrected chi connectivity index (χ3v) is 9.56. The molecule has 0 amide bonds. The Morgan fingerprint density at radius 1 is 0.636 bits per heavy atom. The molecular formula is C46H79CoN3O5. The van der Waals surface area contributed by atoms with Gasteiger partial charge >= 0.3 is 6.16 Å². The van der Waals surface area contributed by atoms with Gasteiger partial charge in [-0.15, -0.1) is 0 Å². The number of unbranched alkanes of at least 4 members (excludes halogenated alkanes) is 3. The zero-order valence-electron chi connectivity index (χ0n) is 37.6. The van der Waals surface area contributed by atoms with E-state index in [9.17, 15) is 10.2 Å². The Morgan fingerprint density at radius 2 is 0.964 bits per heavy atom. The normalized spacial score (nSPS) is 13.8. The smallest absolute Gasteiger partial charge is 0.503 e. The maximum atomic E-state index is 11.6. The Hall–Kier alpha value is -2.88. The van der Waals surface area contributed by atoms with E-state index in [1.54, 1.807) is 0 Å². The summed E-state index contributed by atoms with van der Waals surface area (Å²) >= 11 is 0. The van der Waals surface area contributed by atoms with E-state index >= 15 is 0 Å². The molecule has 2 aromatic carbocycles. The quantitative estimate of drug-likeness (QED) is 0.0655. The summed E-state index contributed by atoms with van der Waals surface area (Å²) in [7, 11) is 6.74. The van der Waals surface area contributed by atoms with Crippen molar-refractivity contribution in [1.29, 1.82) is 0 Å². The second kappa shape index (κ2) is 22.2. The maximum absolute atomic E-state index is 11.6. The van der Waals surface area contributed by atoms with E-state index in [1.165, 1.54) is 11.1 Å². The zero-order valence-corrected chi connectivity index (χ0v) is 38.7. The molecule has 0 aliphatic rings. The standard InChI is InChI=1S/C44H73N3O2.CH2O3.CH3.Co/c1-17-18-19-22-37(45-29-31-25-33(41(2,3)4)27-35(39(31)48)43(8,9)10)38(23-20-21-24-47(14,15)16)46-30-32-26-34(42(5,6)7)28-36(40(32)49)44(11,12)13;2-1(3)4;;/h25-30,37-38H,17-24H2,1-16H3,(H-,45,46,48,49);(H2,2,3,4);1H3;/q;;-1;/p+1. The molecule has 0 aliphatic carbocycles. The molecule has 0 aliphatic heterocycles. The fourth-order valence-electron chi connectivity index (χ4n) is 6.15. The Bertz CT molecular complexity index is 1530. The van der Waals surface area contributed by atoms with Crippen molar-refractivity contribution in [3.63, 3.8) is 0 Å². The summed E-state index contributed by atoms with van der Waals surface area (Å²) in [6.45, 7) is 29.6. The first-order valence-corrected chi connectivity index (χ1v) is 19.5. The minimum Gasteiger partial charge on any atom is -0.507 e. The van der Waals surface area contributed by atoms with E-state index < -0.39 is 6.16 Å². The van der Waals surface area contributed by atoms with Gasteiger partial charge in [0.25, 0.3) is 0 Å². The molecular weight excluding hydrogens is 733 g/mol. The second-order valence-corrected chi connectivity index (χ2v) is 19.9. The number of benzene rings is 2. The molecule has 0 bridgehead atoms. The number of hydrogen-bond acceptors (Lipinski definition) is 5. The van der Waals surface area contributed by atoms with Crippen LogP contribution in [-0.4, -0.2) is 83.3 Å². The van der Waals surface area contributed by atoms with Gasteiger partial charge in [0.1, 0.15) is 11.5 Å². The molecule has 0 saturated heterocycles. The summed E-state index contributed by atoms with van der Waals surface area (Å²) < 4.78 is 0.939. The average Bonchev–Trinajstić information content (AvgIpc) is 2.96. The number of hydrogen-bond donors (Lipinski definition) is 4. The Balaban J connectivity index is 0. The number of carboxylic acid groups (broad SMARTS) is 2. The van der Waals surface area contributed by atoms with Gasteiger partial charge in [-0.05, 0) is 70.6 Å². The first-order valence-electron chi connectivity index (χ1n) is 19.5. The molecule has 2 rings (SSSR count). The van der Waals surface area contributed by atoms with E-state index in [2.05, 4.69) is 135 Å². The fourth-order valence-corrected chi connectivity index (χ4v) is 6.15. The van der Waals surface area contributed by atoms with E-state index in [1.807, 2.05) is 12.4 Å². The van der Waals surface area contributed by atoms with Gasteiger partial charge in [-0.3, -0.25) is 9.98 Å². The van der Waals surface area contributed by atoms with Crippen molar-refractivity contribution >= 4 is 18.6 Å². The Kier molecular flexibility index (Phi) is 21.8. The summed E-state index contributed by atoms with van der Waals surface area (Å²) in [5.41, 5.74) is 5.28. The molecule has 0 spiro atoms. The zero-order chi connectivity index (χ0) is 41.2. The van der Waals surface area contributed by atoms with Crippen LogP contribution in [0.15, 0.2) is 34.3 Å². The third-order valence-electron chi connectivity index (χ3n) is 9.56. The van der Waals surface area contributed by atoms with Gasteiger partial charge in [0.2, 0.25) is 0 Å². The van der Waals surface area contributed by atoms with Crippen LogP contribution in [0.1, 0.15) is 168 Å². The number of nitrogens with zero attached hydrogens (tertiary/aromatic N) is 3. The SMILES string of the molecule is CCCCCC(N=Cc1cc(C(C)(C)C)cc(C(C)(C)C)c1O)C(CCCC[N+](C)(C)C)N=Cc1cc(C(C)(C)C)cc(C(C)(C)C)c1O.O=C(O)O.[CH3-].[Co]. The first-order chi connectivity index (χ1) is 24.0. The molecule has 4 N–H and O–H groups in total. The van der Waals surface area contributed by atoms with Crippen LogP contribution in [0.25, 0.3) is 0 Å². The van der Waals surface area contributed by atoms with Gasteiger partial charge in [-0.25, -0.2) is 4.79 Å². The van der Waals surface area contributed by atoms with Crippen molar-refractivity contribution < 1.29 is 46.5 Å². The molecule has 2 unspecified atom stereocenters. The van der Waals surface area contributed by atoms with Gasteiger partial charge < -0.3 is 32.3 Å². The molecule has 9 heteroatoms. The van der Waals surface area contributed by atoms with Crippen LogP contribution in [0.2, 0.25) is 0 Å². The van der Waals surface area contributed by atoms with Gasteiger partial charge in [0, 0.05) is 51.5 Å².